The van der Waals surface area contributed by atoms with E-state index in [4.69, 9.17) is 5.73 Å². The SMILES string of the molecule is COC(=O)CCNC(N)=O. The molecule has 0 saturated carbocycles. The van der Waals surface area contributed by atoms with Crippen molar-refractivity contribution in [1.82, 2.24) is 5.32 Å². The maximum Gasteiger partial charge on any atom is 0.312 e. The van der Waals surface area contributed by atoms with Gasteiger partial charge >= 0.3 is 12.0 Å². The minimum absolute atomic E-state index is 0.152. The number of amides is 2. The molecule has 58 valence electrons. The van der Waals surface area contributed by atoms with Crippen molar-refractivity contribution in [2.75, 3.05) is 13.7 Å². The van der Waals surface area contributed by atoms with Gasteiger partial charge in [0.05, 0.1) is 13.5 Å². The molecule has 3 N–H and O–H groups in total. The zero-order chi connectivity index (χ0) is 7.98. The van der Waals surface area contributed by atoms with Crippen LogP contribution in [0.25, 0.3) is 0 Å². The minimum Gasteiger partial charge on any atom is -0.469 e. The Hall–Kier alpha value is -1.26. The van der Waals surface area contributed by atoms with E-state index < -0.39 is 6.03 Å². The number of ether oxygens (including phenoxy) is 1. The van der Waals surface area contributed by atoms with Gasteiger partial charge in [0.25, 0.3) is 0 Å². The lowest BCUT2D eigenvalue weighted by Crippen LogP contribution is -2.31. The average Bonchev–Trinajstić information content (AvgIpc) is 1.87. The molecule has 0 aliphatic heterocycles. The van der Waals surface area contributed by atoms with Crippen molar-refractivity contribution in [1.29, 1.82) is 0 Å². The Morgan fingerprint density at radius 1 is 1.60 bits per heavy atom. The highest BCUT2D eigenvalue weighted by molar-refractivity contribution is 5.73. The highest BCUT2D eigenvalue weighted by Crippen LogP contribution is 1.79. The maximum atomic E-state index is 10.4. The normalized spacial score (nSPS) is 8.50. The van der Waals surface area contributed by atoms with E-state index in [1.807, 2.05) is 0 Å². The van der Waals surface area contributed by atoms with Crippen molar-refractivity contribution in [3.05, 3.63) is 0 Å². The van der Waals surface area contributed by atoms with Crippen molar-refractivity contribution in [3.8, 4) is 0 Å². The van der Waals surface area contributed by atoms with Crippen LogP contribution in [0.3, 0.4) is 0 Å². The lowest BCUT2D eigenvalue weighted by molar-refractivity contribution is -0.140. The summed E-state index contributed by atoms with van der Waals surface area (Å²) in [5, 5.41) is 2.25. The first-order valence-electron chi connectivity index (χ1n) is 2.77. The number of hydrogen-bond acceptors (Lipinski definition) is 3. The van der Waals surface area contributed by atoms with Gasteiger partial charge in [0.2, 0.25) is 0 Å². The predicted molar refractivity (Wildman–Crippen MR) is 34.2 cm³/mol. The number of nitrogens with one attached hydrogen (secondary N) is 1. The molecule has 0 aliphatic carbocycles. The van der Waals surface area contributed by atoms with E-state index in [-0.39, 0.29) is 18.9 Å². The Labute approximate surface area is 58.5 Å². The second-order valence-corrected chi connectivity index (χ2v) is 1.62. The Kier molecular flexibility index (Phi) is 4.02. The number of hydrogen-bond donors (Lipinski definition) is 2. The van der Waals surface area contributed by atoms with Crippen molar-refractivity contribution in [2.45, 2.75) is 6.42 Å². The molecule has 0 fully saturated rings. The van der Waals surface area contributed by atoms with Gasteiger partial charge in [-0.25, -0.2) is 4.79 Å². The van der Waals surface area contributed by atoms with Gasteiger partial charge in [0.15, 0.2) is 0 Å². The summed E-state index contributed by atoms with van der Waals surface area (Å²) in [7, 11) is 1.28. The van der Waals surface area contributed by atoms with Crippen LogP contribution in [0.2, 0.25) is 0 Å². The maximum absolute atomic E-state index is 10.4. The van der Waals surface area contributed by atoms with E-state index >= 15 is 0 Å². The van der Waals surface area contributed by atoms with Crippen LogP contribution < -0.4 is 11.1 Å². The lowest BCUT2D eigenvalue weighted by atomic mass is 10.4. The van der Waals surface area contributed by atoms with Gasteiger partial charge in [-0.15, -0.1) is 0 Å². The fraction of sp³-hybridized carbons (Fsp3) is 0.600. The number of carbonyl (C=O) groups excluding carboxylic acids is 2. The summed E-state index contributed by atoms with van der Waals surface area (Å²) >= 11 is 0. The van der Waals surface area contributed by atoms with E-state index in [1.54, 1.807) is 0 Å². The Balaban J connectivity index is 3.20. The predicted octanol–water partition coefficient (Wildman–Crippen LogP) is -0.782. The lowest BCUT2D eigenvalue weighted by Gasteiger charge is -1.98. The summed E-state index contributed by atoms with van der Waals surface area (Å²) in [5.74, 6) is -0.367. The van der Waals surface area contributed by atoms with Crippen LogP contribution in [0.1, 0.15) is 6.42 Å². The summed E-state index contributed by atoms with van der Waals surface area (Å²) < 4.78 is 4.30. The van der Waals surface area contributed by atoms with Crippen molar-refractivity contribution < 1.29 is 14.3 Å². The summed E-state index contributed by atoms with van der Waals surface area (Å²) in [5.41, 5.74) is 4.72. The summed E-state index contributed by atoms with van der Waals surface area (Å²) in [6, 6.07) is -0.635. The monoisotopic (exact) mass is 146 g/mol. The molecule has 0 aromatic rings. The van der Waals surface area contributed by atoms with Crippen molar-refractivity contribution >= 4 is 12.0 Å². The molecule has 0 aromatic carbocycles. The molecule has 0 aromatic heterocycles. The van der Waals surface area contributed by atoms with Crippen LogP contribution in [0.5, 0.6) is 0 Å². The van der Waals surface area contributed by atoms with Crippen LogP contribution in [-0.2, 0) is 9.53 Å². The molecule has 10 heavy (non-hydrogen) atoms. The largest absolute Gasteiger partial charge is 0.469 e. The third kappa shape index (κ3) is 4.89. The highest BCUT2D eigenvalue weighted by atomic mass is 16.5. The molecular formula is C5H10N2O3. The van der Waals surface area contributed by atoms with Crippen molar-refractivity contribution in [2.24, 2.45) is 5.73 Å². The molecule has 0 saturated heterocycles. The first-order chi connectivity index (χ1) is 4.66. The Morgan fingerprint density at radius 3 is 2.60 bits per heavy atom. The number of rotatable bonds is 3. The molecule has 0 rings (SSSR count). The van der Waals surface area contributed by atoms with E-state index in [9.17, 15) is 9.59 Å². The number of esters is 1. The van der Waals surface area contributed by atoms with E-state index in [2.05, 4.69) is 10.1 Å². The third-order valence-corrected chi connectivity index (χ3v) is 0.856. The van der Waals surface area contributed by atoms with Crippen LogP contribution in [-0.4, -0.2) is 25.7 Å². The molecule has 0 heterocycles. The van der Waals surface area contributed by atoms with Gasteiger partial charge in [-0.1, -0.05) is 0 Å². The molecule has 0 aliphatic rings. The standard InChI is InChI=1S/C5H10N2O3/c1-10-4(8)2-3-7-5(6)9/h2-3H2,1H3,(H3,6,7,9). The van der Waals surface area contributed by atoms with E-state index in [0.29, 0.717) is 0 Å². The van der Waals surface area contributed by atoms with E-state index in [0.717, 1.165) is 0 Å². The molecule has 0 bridgehead atoms. The molecule has 0 radical (unpaired) electrons. The van der Waals surface area contributed by atoms with Crippen LogP contribution >= 0.6 is 0 Å². The van der Waals surface area contributed by atoms with Crippen molar-refractivity contribution in [3.63, 3.8) is 0 Å². The molecule has 2 amide bonds. The summed E-state index contributed by atoms with van der Waals surface area (Å²) in [6.07, 6.45) is 0.152. The second-order valence-electron chi connectivity index (χ2n) is 1.62. The van der Waals surface area contributed by atoms with Gasteiger partial charge in [-0.3, -0.25) is 4.79 Å². The van der Waals surface area contributed by atoms with Gasteiger partial charge in [0, 0.05) is 6.54 Å². The zero-order valence-corrected chi connectivity index (χ0v) is 5.72. The summed E-state index contributed by atoms with van der Waals surface area (Å²) in [4.78, 5) is 20.4. The Morgan fingerprint density at radius 2 is 2.20 bits per heavy atom. The molecular weight excluding hydrogens is 136 g/mol. The number of carbonyl (C=O) groups is 2. The topological polar surface area (TPSA) is 81.4 Å². The second kappa shape index (κ2) is 4.60. The zero-order valence-electron chi connectivity index (χ0n) is 5.72. The molecule has 5 heteroatoms. The Bertz CT molecular complexity index is 135. The summed E-state index contributed by atoms with van der Waals surface area (Å²) in [6.45, 7) is 0.224. The van der Waals surface area contributed by atoms with Gasteiger partial charge in [-0.05, 0) is 0 Å². The molecule has 0 atom stereocenters. The van der Waals surface area contributed by atoms with E-state index in [1.165, 1.54) is 7.11 Å². The van der Waals surface area contributed by atoms with Gasteiger partial charge in [0.1, 0.15) is 0 Å². The van der Waals surface area contributed by atoms with Crippen LogP contribution in [0.15, 0.2) is 0 Å². The first kappa shape index (κ1) is 8.74. The van der Waals surface area contributed by atoms with Gasteiger partial charge in [-0.2, -0.15) is 0 Å². The number of methoxy groups -OCH3 is 1. The number of urea groups is 1. The molecule has 0 unspecified atom stereocenters. The highest BCUT2D eigenvalue weighted by Gasteiger charge is 1.98. The van der Waals surface area contributed by atoms with Crippen LogP contribution in [0, 0.1) is 0 Å². The van der Waals surface area contributed by atoms with Gasteiger partial charge < -0.3 is 15.8 Å². The third-order valence-electron chi connectivity index (χ3n) is 0.856. The first-order valence-corrected chi connectivity index (χ1v) is 2.77. The molecule has 5 nitrogen and oxygen atoms in total. The molecule has 0 spiro atoms. The quantitative estimate of drug-likeness (QED) is 0.512. The fourth-order valence-corrected chi connectivity index (χ4v) is 0.390. The number of primary amides is 1. The smallest absolute Gasteiger partial charge is 0.312 e. The fourth-order valence-electron chi connectivity index (χ4n) is 0.390. The minimum atomic E-state index is -0.635. The van der Waals surface area contributed by atoms with Crippen LogP contribution in [0.4, 0.5) is 4.79 Å². The average molecular weight is 146 g/mol. The number of nitrogens with two attached hydrogens (primary N) is 1.